The van der Waals surface area contributed by atoms with Crippen LogP contribution in [0.5, 0.6) is 0 Å². The zero-order valence-electron chi connectivity index (χ0n) is 61.2. The Morgan fingerprint density at radius 3 is 1.36 bits per heavy atom. The third-order valence-electron chi connectivity index (χ3n) is 19.9. The fraction of sp³-hybridized carbons (Fsp3) is 0.296. The summed E-state index contributed by atoms with van der Waals surface area (Å²) in [5, 5.41) is 41.9. The number of nitrogens with one attached hydrogen (secondary N) is 1. The summed E-state index contributed by atoms with van der Waals surface area (Å²) in [6.45, 7) is 27.2. The number of rotatable bonds is 17. The molecule has 2 aliphatic carbocycles. The number of benzene rings is 8. The number of fused-ring (bicyclic) bond motifs is 12. The molecule has 103 heavy (non-hydrogen) atoms. The van der Waals surface area contributed by atoms with Crippen molar-refractivity contribution in [3.05, 3.63) is 209 Å². The average Bonchev–Trinajstić information content (AvgIpc) is 1.62. The van der Waals surface area contributed by atoms with E-state index in [1.54, 1.807) is 0 Å². The number of carboxylic acid groups (broad SMARTS) is 1. The first kappa shape index (κ1) is 71.3. The first-order valence-electron chi connectivity index (χ1n) is 35.1. The van der Waals surface area contributed by atoms with Gasteiger partial charge in [0.25, 0.3) is 0 Å². The minimum absolute atomic E-state index is 0.0712. The van der Waals surface area contributed by atoms with Crippen molar-refractivity contribution in [3.8, 4) is 56.0 Å². The normalized spacial score (nSPS) is 14.0. The van der Waals surface area contributed by atoms with E-state index < -0.39 is 22.1 Å². The molecule has 22 heteroatoms. The Kier molecular flexibility index (Phi) is 19.8. The molecular formula is C81H88BN11O8Si2. The molecule has 0 unspecified atom stereocenters. The number of para-hydroxylation sites is 2. The molecule has 0 spiro atoms. The van der Waals surface area contributed by atoms with Crippen LogP contribution in [0.4, 0.5) is 0 Å². The van der Waals surface area contributed by atoms with E-state index in [1.165, 1.54) is 89.6 Å². The smallest absolute Gasteiger partial charge is 0.476 e. The molecule has 0 bridgehead atoms. The molecule has 0 saturated carbocycles. The van der Waals surface area contributed by atoms with Gasteiger partial charge >= 0.3 is 13.1 Å². The van der Waals surface area contributed by atoms with Crippen LogP contribution in [0.15, 0.2) is 170 Å². The number of carbonyl (C=O) groups excluding carboxylic acids is 2. The fourth-order valence-electron chi connectivity index (χ4n) is 13.5. The van der Waals surface area contributed by atoms with Gasteiger partial charge in [0.05, 0.1) is 11.2 Å². The van der Waals surface area contributed by atoms with Crippen molar-refractivity contribution in [2.45, 2.75) is 130 Å². The number of carbonyl (C=O) groups is 3. The van der Waals surface area contributed by atoms with E-state index in [9.17, 15) is 19.5 Å². The van der Waals surface area contributed by atoms with Crippen molar-refractivity contribution in [2.24, 2.45) is 14.1 Å². The van der Waals surface area contributed by atoms with Gasteiger partial charge in [-0.15, -0.1) is 15.3 Å². The molecule has 6 heterocycles. The maximum Gasteiger partial charge on any atom is 0.494 e. The zero-order chi connectivity index (χ0) is 72.9. The second-order valence-electron chi connectivity index (χ2n) is 30.3. The van der Waals surface area contributed by atoms with E-state index in [0.717, 1.165) is 69.0 Å². The van der Waals surface area contributed by atoms with Crippen LogP contribution in [0.3, 0.4) is 0 Å². The number of aromatic nitrogens is 11. The highest BCUT2D eigenvalue weighted by Crippen LogP contribution is 2.42. The lowest BCUT2D eigenvalue weighted by Crippen LogP contribution is -2.41. The molecule has 0 atom stereocenters. The third-order valence-corrected chi connectivity index (χ3v) is 23.3. The summed E-state index contributed by atoms with van der Waals surface area (Å²) in [5.74, 6) is -1.28. The second-order valence-corrected chi connectivity index (χ2v) is 41.6. The van der Waals surface area contributed by atoms with Crippen molar-refractivity contribution in [1.82, 2.24) is 54.5 Å². The number of Topliss-reactive ketones (excluding diaryl/α,β-unsaturated/α-hetero) is 2. The first-order chi connectivity index (χ1) is 49.1. The lowest BCUT2D eigenvalue weighted by molar-refractivity contribution is 0.00578. The summed E-state index contributed by atoms with van der Waals surface area (Å²) in [5.41, 5.74) is 20.4. The monoisotopic (exact) mass is 1410 g/mol. The molecule has 16 rings (SSSR count). The zero-order valence-corrected chi connectivity index (χ0v) is 63.2. The van der Waals surface area contributed by atoms with Crippen LogP contribution in [0, 0.1) is 0 Å². The molecule has 526 valence electrons. The van der Waals surface area contributed by atoms with Crippen LogP contribution in [-0.4, -0.2) is 125 Å². The Balaban J connectivity index is 0.000000123. The van der Waals surface area contributed by atoms with Gasteiger partial charge < -0.3 is 33.0 Å². The summed E-state index contributed by atoms with van der Waals surface area (Å²) in [6.07, 6.45) is 1.90. The molecule has 2 N–H and O–H groups in total. The van der Waals surface area contributed by atoms with Gasteiger partial charge in [0.15, 0.2) is 42.1 Å². The van der Waals surface area contributed by atoms with Crippen LogP contribution in [0.2, 0.25) is 51.4 Å². The SMILES string of the molecule is CC(=O)c1nn(COCC[Si](C)(C)C)nc1-c1ccc2c(c1)Cc1ccccc1-2.CC(=O)c1nn(COCC[Si](C)(C)C)nc1-c1ccc2c3ccccc3n(C)c2c1.CC1(C)OB(c2ccc3c(c2)Cc2ccccc2-3)OC1(C)C.Cn1c2ccccc2c2ccc(-c3n[nH]nc3C(=O)O)cc21. The highest BCUT2D eigenvalue weighted by Gasteiger charge is 2.52. The quantitative estimate of drug-likeness (QED) is 0.0492. The molecule has 8 aromatic carbocycles. The number of ether oxygens (including phenoxy) is 2. The molecule has 13 aromatic rings. The van der Waals surface area contributed by atoms with Crippen LogP contribution in [-0.2, 0) is 59.2 Å². The van der Waals surface area contributed by atoms with Gasteiger partial charge in [-0.25, -0.2) is 4.79 Å². The fourth-order valence-corrected chi connectivity index (χ4v) is 15.0. The van der Waals surface area contributed by atoms with Gasteiger partial charge in [-0.2, -0.15) is 30.1 Å². The number of aromatic carboxylic acids is 1. The summed E-state index contributed by atoms with van der Waals surface area (Å²) in [4.78, 5) is 38.6. The number of carboxylic acids is 1. The Morgan fingerprint density at radius 1 is 0.476 bits per heavy atom. The van der Waals surface area contributed by atoms with E-state index in [-0.39, 0.29) is 49.0 Å². The molecule has 1 aliphatic heterocycles. The van der Waals surface area contributed by atoms with Crippen LogP contribution >= 0.6 is 0 Å². The van der Waals surface area contributed by atoms with Crippen molar-refractivity contribution in [1.29, 1.82) is 0 Å². The predicted molar refractivity (Wildman–Crippen MR) is 415 cm³/mol. The van der Waals surface area contributed by atoms with Crippen LogP contribution in [0.25, 0.3) is 99.6 Å². The van der Waals surface area contributed by atoms with Crippen molar-refractivity contribution in [3.63, 3.8) is 0 Å². The average molecular weight is 1410 g/mol. The minimum atomic E-state index is -1.15. The van der Waals surface area contributed by atoms with E-state index in [0.29, 0.717) is 41.7 Å². The first-order valence-corrected chi connectivity index (χ1v) is 42.5. The number of hydrogen-bond acceptors (Lipinski definition) is 13. The number of aromatic amines is 1. The molecule has 1 fully saturated rings. The predicted octanol–water partition coefficient (Wildman–Crippen LogP) is 16.5. The van der Waals surface area contributed by atoms with E-state index in [4.69, 9.17) is 18.8 Å². The molecular weight excluding hydrogens is 1320 g/mol. The molecule has 0 amide bonds. The van der Waals surface area contributed by atoms with Gasteiger partial charge in [0.2, 0.25) is 0 Å². The maximum atomic E-state index is 12.2. The maximum absolute atomic E-state index is 12.2. The minimum Gasteiger partial charge on any atom is -0.476 e. The number of aryl methyl sites for hydroxylation is 2. The van der Waals surface area contributed by atoms with Crippen molar-refractivity contribution < 1.29 is 38.3 Å². The van der Waals surface area contributed by atoms with Gasteiger partial charge in [-0.05, 0) is 133 Å². The van der Waals surface area contributed by atoms with Crippen LogP contribution < -0.4 is 5.46 Å². The lowest BCUT2D eigenvalue weighted by Gasteiger charge is -2.32. The summed E-state index contributed by atoms with van der Waals surface area (Å²) >= 11 is 0. The van der Waals surface area contributed by atoms with Gasteiger partial charge in [0, 0.05) is 118 Å². The summed E-state index contributed by atoms with van der Waals surface area (Å²) in [6, 6.07) is 60.7. The summed E-state index contributed by atoms with van der Waals surface area (Å²) < 4.78 is 28.1. The topological polar surface area (TPSA) is 221 Å². The highest BCUT2D eigenvalue weighted by atomic mass is 28.3. The Hall–Kier alpha value is -10.1. The standard InChI is InChI=1S/C23H28N4O2Si.C23H27N3O2Si.C19H21BO2.C16H12N4O2/c1-16(28)22-23(25-27(24-22)15-29-12-13-30(3,4)5)17-10-11-19-18-8-6-7-9-20(18)26(2)21(19)14-17;1-16(27)22-23(25-26(24-22)15-28-11-12-29(2,3)4)18-9-10-21-19(14-18)13-17-7-5-6-8-20(17)21;1-18(2)19(3,4)22-20(21-18)15-9-10-17-14(12-15)11-13-7-5-6-8-16(13)17;1-20-12-5-3-2-4-10(12)11-7-6-9(8-13(11)20)14-15(16(21)22)18-19-17-14/h6-11,14H,12-13,15H2,1-5H3;5-10,14H,11-13,15H2,1-4H3;5-10,12H,11H2,1-4H3;2-8H,1H3,(H,21,22)(H,17,18,19). The van der Waals surface area contributed by atoms with Crippen molar-refractivity contribution in [2.75, 3.05) is 13.2 Å². The van der Waals surface area contributed by atoms with E-state index in [2.05, 4.69) is 240 Å². The molecule has 3 aliphatic rings. The largest absolute Gasteiger partial charge is 0.494 e. The lowest BCUT2D eigenvalue weighted by atomic mass is 9.78. The molecule has 19 nitrogen and oxygen atoms in total. The number of ketones is 2. The van der Waals surface area contributed by atoms with Gasteiger partial charge in [-0.1, -0.05) is 179 Å². The molecule has 1 saturated heterocycles. The van der Waals surface area contributed by atoms with E-state index in [1.807, 2.05) is 55.6 Å². The van der Waals surface area contributed by atoms with Gasteiger partial charge in [-0.3, -0.25) is 9.59 Å². The summed E-state index contributed by atoms with van der Waals surface area (Å²) in [7, 11) is 1.49. The van der Waals surface area contributed by atoms with Crippen molar-refractivity contribution >= 4 is 89.9 Å². The Labute approximate surface area is 602 Å². The van der Waals surface area contributed by atoms with Crippen LogP contribution in [0.1, 0.15) is 95.3 Å². The molecule has 0 radical (unpaired) electrons. The van der Waals surface area contributed by atoms with Gasteiger partial charge in [0.1, 0.15) is 17.1 Å². The third kappa shape index (κ3) is 15.0. The van der Waals surface area contributed by atoms with E-state index >= 15 is 0 Å². The molecule has 5 aromatic heterocycles. The number of H-pyrrole nitrogens is 1. The Morgan fingerprint density at radius 2 is 0.883 bits per heavy atom. The number of nitrogens with zero attached hydrogens (tertiary/aromatic N) is 10. The highest BCUT2D eigenvalue weighted by molar-refractivity contribution is 6.76. The Bertz CT molecular complexity index is 5380. The second kappa shape index (κ2) is 28.6. The number of hydrogen-bond donors (Lipinski definition) is 2.